The van der Waals surface area contributed by atoms with Crippen LogP contribution in [0.25, 0.3) is 21.9 Å². The van der Waals surface area contributed by atoms with Crippen molar-refractivity contribution in [1.82, 2.24) is 22.8 Å². The van der Waals surface area contributed by atoms with E-state index in [1.807, 2.05) is 29.2 Å². The summed E-state index contributed by atoms with van der Waals surface area (Å²) in [5, 5.41) is 9.41. The number of carbonyl (C=O) groups is 1. The number of aryl methyl sites for hydroxylation is 1. The monoisotopic (exact) mass is 555 g/mol. The van der Waals surface area contributed by atoms with E-state index in [0.717, 1.165) is 66.0 Å². The number of amides is 1. The molecule has 3 aromatic rings. The van der Waals surface area contributed by atoms with E-state index >= 15 is 0 Å². The summed E-state index contributed by atoms with van der Waals surface area (Å²) < 4.78 is 4.19. The molecule has 0 aliphatic carbocycles. The summed E-state index contributed by atoms with van der Waals surface area (Å²) >= 11 is 2.35. The van der Waals surface area contributed by atoms with E-state index in [9.17, 15) is 4.79 Å². The summed E-state index contributed by atoms with van der Waals surface area (Å²) in [6, 6.07) is 8.17. The molecule has 2 aliphatic rings. The van der Waals surface area contributed by atoms with Gasteiger partial charge in [0.2, 0.25) is 0 Å². The van der Waals surface area contributed by atoms with E-state index in [-0.39, 0.29) is 5.91 Å². The van der Waals surface area contributed by atoms with Gasteiger partial charge in [-0.3, -0.25) is 14.5 Å². The molecule has 0 radical (unpaired) electrons. The lowest BCUT2D eigenvalue weighted by atomic mass is 10.0. The SMILES string of the molecule is CCn1cc(-c2ccc3cnc(NC(=O)C4=CC(N5CCN(I)CC5)=NCC4)cc3c2)cn1. The Kier molecular flexibility index (Phi) is 6.41. The molecule has 0 unspecified atom stereocenters. The third-order valence-corrected chi connectivity index (χ3v) is 7.02. The number of aromatic nitrogens is 3. The molecular weight excluding hydrogens is 529 g/mol. The number of nitrogens with zero attached hydrogens (tertiary/aromatic N) is 6. The summed E-state index contributed by atoms with van der Waals surface area (Å²) in [5.74, 6) is 1.36. The number of nitrogens with one attached hydrogen (secondary N) is 1. The number of benzene rings is 1. The molecule has 1 aromatic carbocycles. The van der Waals surface area contributed by atoms with E-state index in [0.29, 0.717) is 18.8 Å². The van der Waals surface area contributed by atoms with Gasteiger partial charge in [-0.1, -0.05) is 12.1 Å². The molecule has 1 fully saturated rings. The van der Waals surface area contributed by atoms with Crippen molar-refractivity contribution in [2.45, 2.75) is 19.9 Å². The second kappa shape index (κ2) is 9.60. The molecule has 1 saturated heterocycles. The molecule has 0 spiro atoms. The zero-order chi connectivity index (χ0) is 22.8. The number of amidine groups is 1. The summed E-state index contributed by atoms with van der Waals surface area (Å²) in [7, 11) is 0. The highest BCUT2D eigenvalue weighted by atomic mass is 127. The first-order valence-electron chi connectivity index (χ1n) is 11.2. The molecule has 33 heavy (non-hydrogen) atoms. The minimum atomic E-state index is -0.109. The number of hydrogen-bond donors (Lipinski definition) is 1. The van der Waals surface area contributed by atoms with Gasteiger partial charge in [0, 0.05) is 91.0 Å². The van der Waals surface area contributed by atoms with E-state index in [4.69, 9.17) is 0 Å². The van der Waals surface area contributed by atoms with Gasteiger partial charge in [-0.05, 0) is 42.5 Å². The van der Waals surface area contributed by atoms with Gasteiger partial charge in [0.1, 0.15) is 11.7 Å². The molecule has 9 heteroatoms. The second-order valence-corrected chi connectivity index (χ2v) is 9.59. The molecule has 1 N–H and O–H groups in total. The van der Waals surface area contributed by atoms with Gasteiger partial charge in [0.15, 0.2) is 0 Å². The van der Waals surface area contributed by atoms with Crippen molar-refractivity contribution < 1.29 is 4.79 Å². The number of anilines is 1. The average Bonchev–Trinajstić information content (AvgIpc) is 3.34. The minimum Gasteiger partial charge on any atom is -0.354 e. The third kappa shape index (κ3) is 4.93. The number of hydrogen-bond acceptors (Lipinski definition) is 6. The van der Waals surface area contributed by atoms with Crippen molar-refractivity contribution in [2.24, 2.45) is 4.99 Å². The van der Waals surface area contributed by atoms with Crippen LogP contribution in [0.3, 0.4) is 0 Å². The molecule has 8 nitrogen and oxygen atoms in total. The number of aliphatic imine (C=N–C) groups is 1. The van der Waals surface area contributed by atoms with Crippen molar-refractivity contribution >= 4 is 51.2 Å². The van der Waals surface area contributed by atoms with Crippen LogP contribution in [0, 0.1) is 0 Å². The minimum absolute atomic E-state index is 0.109. The Bertz CT molecular complexity index is 1240. The Morgan fingerprint density at radius 1 is 1.09 bits per heavy atom. The second-order valence-electron chi connectivity index (χ2n) is 8.23. The number of carbonyl (C=O) groups excluding carboxylic acids is 1. The Morgan fingerprint density at radius 3 is 2.73 bits per heavy atom. The number of piperazine rings is 1. The van der Waals surface area contributed by atoms with E-state index in [1.54, 1.807) is 6.20 Å². The van der Waals surface area contributed by atoms with Crippen molar-refractivity contribution in [3.05, 3.63) is 54.5 Å². The van der Waals surface area contributed by atoms with Crippen LogP contribution in [0.15, 0.2) is 59.5 Å². The van der Waals surface area contributed by atoms with Crippen molar-refractivity contribution in [2.75, 3.05) is 38.0 Å². The van der Waals surface area contributed by atoms with Gasteiger partial charge in [0.25, 0.3) is 5.91 Å². The van der Waals surface area contributed by atoms with Crippen molar-refractivity contribution in [3.63, 3.8) is 0 Å². The molecule has 0 atom stereocenters. The molecule has 1 amide bonds. The van der Waals surface area contributed by atoms with E-state index < -0.39 is 0 Å². The van der Waals surface area contributed by atoms with Gasteiger partial charge < -0.3 is 10.2 Å². The lowest BCUT2D eigenvalue weighted by Gasteiger charge is -2.33. The zero-order valence-electron chi connectivity index (χ0n) is 18.5. The number of dihydropyridines is 1. The molecule has 2 aliphatic heterocycles. The van der Waals surface area contributed by atoms with Crippen LogP contribution in [0.5, 0.6) is 0 Å². The molecule has 5 rings (SSSR count). The molecule has 0 bridgehead atoms. The van der Waals surface area contributed by atoms with Gasteiger partial charge >= 0.3 is 0 Å². The van der Waals surface area contributed by atoms with E-state index in [2.05, 4.69) is 76.4 Å². The maximum atomic E-state index is 13.0. The highest BCUT2D eigenvalue weighted by Crippen LogP contribution is 2.25. The lowest BCUT2D eigenvalue weighted by Crippen LogP contribution is -2.45. The van der Waals surface area contributed by atoms with E-state index in [1.165, 1.54) is 0 Å². The average molecular weight is 555 g/mol. The number of rotatable bonds is 4. The predicted molar refractivity (Wildman–Crippen MR) is 139 cm³/mol. The third-order valence-electron chi connectivity index (χ3n) is 6.05. The fourth-order valence-electron chi connectivity index (χ4n) is 4.12. The van der Waals surface area contributed by atoms with Crippen LogP contribution < -0.4 is 5.32 Å². The Balaban J connectivity index is 1.32. The fourth-order valence-corrected chi connectivity index (χ4v) is 4.55. The van der Waals surface area contributed by atoms with Crippen molar-refractivity contribution in [3.8, 4) is 11.1 Å². The van der Waals surface area contributed by atoms with Crippen LogP contribution in [0.2, 0.25) is 0 Å². The first-order chi connectivity index (χ1) is 16.1. The predicted octanol–water partition coefficient (Wildman–Crippen LogP) is 3.75. The first kappa shape index (κ1) is 22.0. The molecule has 2 aromatic heterocycles. The highest BCUT2D eigenvalue weighted by Gasteiger charge is 2.21. The molecule has 4 heterocycles. The smallest absolute Gasteiger partial charge is 0.252 e. The number of fused-ring (bicyclic) bond motifs is 1. The van der Waals surface area contributed by atoms with Crippen LogP contribution in [0.1, 0.15) is 13.3 Å². The van der Waals surface area contributed by atoms with Gasteiger partial charge in [-0.25, -0.2) is 8.10 Å². The Labute approximate surface area is 206 Å². The summed E-state index contributed by atoms with van der Waals surface area (Å²) in [5.41, 5.74) is 2.91. The normalized spacial score (nSPS) is 17.1. The fraction of sp³-hybridized carbons (Fsp3) is 0.333. The van der Waals surface area contributed by atoms with Gasteiger partial charge in [0.05, 0.1) is 6.20 Å². The summed E-state index contributed by atoms with van der Waals surface area (Å²) in [4.78, 5) is 24.4. The standard InChI is InChI=1S/C24H26IN7O/c1-2-32-16-21(15-28-32)17-3-4-19-14-27-22(12-20(19)11-17)29-24(33)18-5-6-26-23(13-18)30-7-9-31(25)10-8-30/h3-4,11-16H,2,5-10H2,1H3,(H,27,29,33). The number of pyridine rings is 1. The zero-order valence-corrected chi connectivity index (χ0v) is 20.7. The Morgan fingerprint density at radius 2 is 1.94 bits per heavy atom. The van der Waals surface area contributed by atoms with Crippen molar-refractivity contribution in [1.29, 1.82) is 0 Å². The van der Waals surface area contributed by atoms with Gasteiger partial charge in [-0.2, -0.15) is 5.10 Å². The van der Waals surface area contributed by atoms with Crippen LogP contribution in [0.4, 0.5) is 5.82 Å². The molecule has 170 valence electrons. The summed E-state index contributed by atoms with van der Waals surface area (Å²) in [6.07, 6.45) is 8.30. The highest BCUT2D eigenvalue weighted by molar-refractivity contribution is 14.1. The van der Waals surface area contributed by atoms with Crippen LogP contribution in [-0.2, 0) is 11.3 Å². The maximum Gasteiger partial charge on any atom is 0.252 e. The van der Waals surface area contributed by atoms with Crippen LogP contribution >= 0.6 is 22.9 Å². The molecular formula is C24H26IN7O. The molecule has 0 saturated carbocycles. The number of halogens is 1. The lowest BCUT2D eigenvalue weighted by molar-refractivity contribution is -0.113. The van der Waals surface area contributed by atoms with Crippen LogP contribution in [-0.4, -0.2) is 67.2 Å². The summed E-state index contributed by atoms with van der Waals surface area (Å²) in [6.45, 7) is 7.40. The maximum absolute atomic E-state index is 13.0. The Hall–Kier alpha value is -2.79. The quantitative estimate of drug-likeness (QED) is 0.392. The first-order valence-corrected chi connectivity index (χ1v) is 12.2. The van der Waals surface area contributed by atoms with Gasteiger partial charge in [-0.15, -0.1) is 0 Å². The topological polar surface area (TPSA) is 78.7 Å². The largest absolute Gasteiger partial charge is 0.354 e.